The normalized spacial score (nSPS) is 30.5. The van der Waals surface area contributed by atoms with Gasteiger partial charge in [-0.2, -0.15) is 0 Å². The number of nitrogens with zero attached hydrogens (tertiary/aromatic N) is 2. The number of hydrogen-bond acceptors (Lipinski definition) is 7. The molecular weight excluding hydrogens is 502 g/mol. The number of anilines is 2. The summed E-state index contributed by atoms with van der Waals surface area (Å²) in [6, 6.07) is 6.48. The average Bonchev–Trinajstić information content (AvgIpc) is 3.48. The van der Waals surface area contributed by atoms with Gasteiger partial charge in [0.15, 0.2) is 0 Å². The maximum absolute atomic E-state index is 14.2. The van der Waals surface area contributed by atoms with Crippen LogP contribution >= 0.6 is 11.8 Å². The summed E-state index contributed by atoms with van der Waals surface area (Å²) in [6.45, 7) is 13.9. The van der Waals surface area contributed by atoms with E-state index in [4.69, 9.17) is 4.74 Å². The first-order valence-corrected chi connectivity index (χ1v) is 15.0. The highest BCUT2D eigenvalue weighted by molar-refractivity contribution is 8.02. The Morgan fingerprint density at radius 1 is 1.21 bits per heavy atom. The summed E-state index contributed by atoms with van der Waals surface area (Å²) in [7, 11) is 0. The molecule has 2 amide bonds. The van der Waals surface area contributed by atoms with Gasteiger partial charge in [-0.25, -0.2) is 0 Å². The minimum atomic E-state index is -0.789. The molecule has 3 fully saturated rings. The highest BCUT2D eigenvalue weighted by atomic mass is 32.2. The first-order valence-electron chi connectivity index (χ1n) is 14.1. The Hall–Kier alpha value is -2.26. The van der Waals surface area contributed by atoms with Gasteiger partial charge in [-0.15, -0.1) is 11.8 Å². The van der Waals surface area contributed by atoms with E-state index in [1.54, 1.807) is 23.6 Å². The van der Waals surface area contributed by atoms with Gasteiger partial charge in [-0.1, -0.05) is 20.8 Å². The van der Waals surface area contributed by atoms with Gasteiger partial charge < -0.3 is 25.0 Å². The monoisotopic (exact) mass is 545 g/mol. The molecule has 2 N–H and O–H groups in total. The second kappa shape index (κ2) is 11.5. The van der Waals surface area contributed by atoms with Crippen molar-refractivity contribution in [3.8, 4) is 0 Å². The van der Waals surface area contributed by atoms with Crippen LogP contribution in [0.3, 0.4) is 0 Å². The van der Waals surface area contributed by atoms with Crippen LogP contribution in [-0.4, -0.2) is 76.2 Å². The lowest BCUT2D eigenvalue weighted by molar-refractivity contribution is -0.154. The van der Waals surface area contributed by atoms with E-state index in [0.717, 1.165) is 25.2 Å². The van der Waals surface area contributed by atoms with Crippen LogP contribution in [0.2, 0.25) is 0 Å². The van der Waals surface area contributed by atoms with E-state index in [9.17, 15) is 19.5 Å². The molecule has 210 valence electrons. The molecule has 2 bridgehead atoms. The predicted octanol–water partition coefficient (Wildman–Crippen LogP) is 3.78. The van der Waals surface area contributed by atoms with Gasteiger partial charge in [0, 0.05) is 29.7 Å². The Balaban J connectivity index is 1.72. The number of aliphatic hydroxyl groups is 1. The van der Waals surface area contributed by atoms with Crippen molar-refractivity contribution in [1.82, 2.24) is 4.90 Å². The van der Waals surface area contributed by atoms with Crippen molar-refractivity contribution in [1.29, 1.82) is 0 Å². The molecule has 4 rings (SSSR count). The Morgan fingerprint density at radius 3 is 2.42 bits per heavy atom. The summed E-state index contributed by atoms with van der Waals surface area (Å²) >= 11 is 1.62. The number of thioether (sulfide) groups is 1. The third-order valence-corrected chi connectivity index (χ3v) is 10.7. The Morgan fingerprint density at radius 2 is 1.87 bits per heavy atom. The predicted molar refractivity (Wildman–Crippen MR) is 151 cm³/mol. The number of carbonyl (C=O) groups excluding carboxylic acids is 3. The van der Waals surface area contributed by atoms with Gasteiger partial charge in [-0.3, -0.25) is 14.4 Å². The van der Waals surface area contributed by atoms with Crippen LogP contribution in [-0.2, 0) is 19.1 Å². The molecule has 3 heterocycles. The molecule has 1 aromatic carbocycles. The average molecular weight is 546 g/mol. The van der Waals surface area contributed by atoms with Gasteiger partial charge >= 0.3 is 5.97 Å². The number of esters is 1. The molecule has 3 aliphatic heterocycles. The van der Waals surface area contributed by atoms with Gasteiger partial charge in [0.25, 0.3) is 0 Å². The highest BCUT2D eigenvalue weighted by Crippen LogP contribution is 2.69. The van der Waals surface area contributed by atoms with Crippen LogP contribution in [0.1, 0.15) is 54.4 Å². The minimum absolute atomic E-state index is 0.0542. The molecular formula is C29H43N3O5S. The van der Waals surface area contributed by atoms with Crippen molar-refractivity contribution in [3.63, 3.8) is 0 Å². The van der Waals surface area contributed by atoms with Crippen molar-refractivity contribution >= 4 is 40.9 Å². The van der Waals surface area contributed by atoms with E-state index >= 15 is 0 Å². The van der Waals surface area contributed by atoms with Crippen LogP contribution in [0.5, 0.6) is 0 Å². The fourth-order valence-electron chi connectivity index (χ4n) is 7.03. The number of aliphatic hydroxyl groups excluding tert-OH is 1. The van der Waals surface area contributed by atoms with Gasteiger partial charge in [0.1, 0.15) is 6.04 Å². The molecule has 1 spiro atoms. The maximum Gasteiger partial charge on any atom is 0.310 e. The molecule has 0 saturated carbocycles. The van der Waals surface area contributed by atoms with Gasteiger partial charge in [-0.05, 0) is 69.7 Å². The summed E-state index contributed by atoms with van der Waals surface area (Å²) in [5, 5.41) is 13.4. The Labute approximate surface area is 230 Å². The van der Waals surface area contributed by atoms with E-state index in [1.165, 1.54) is 0 Å². The first kappa shape index (κ1) is 28.7. The van der Waals surface area contributed by atoms with E-state index in [1.807, 2.05) is 38.1 Å². The summed E-state index contributed by atoms with van der Waals surface area (Å²) in [6.07, 6.45) is 1.32. The fourth-order valence-corrected chi connectivity index (χ4v) is 9.43. The number of fused-ring (bicyclic) bond motifs is 1. The summed E-state index contributed by atoms with van der Waals surface area (Å²) in [5.74, 6) is -1.75. The van der Waals surface area contributed by atoms with Crippen molar-refractivity contribution < 1.29 is 24.2 Å². The number of hydrogen-bond donors (Lipinski definition) is 2. The van der Waals surface area contributed by atoms with Crippen LogP contribution in [0, 0.1) is 23.7 Å². The number of carbonyl (C=O) groups is 3. The van der Waals surface area contributed by atoms with Crippen LogP contribution in [0.25, 0.3) is 0 Å². The van der Waals surface area contributed by atoms with Crippen molar-refractivity contribution in [3.05, 3.63) is 24.3 Å². The quantitative estimate of drug-likeness (QED) is 0.408. The van der Waals surface area contributed by atoms with Crippen LogP contribution < -0.4 is 10.2 Å². The number of likely N-dealkylation sites (tertiary alicyclic amines) is 1. The number of nitrogens with one attached hydrogen (secondary N) is 1. The Kier molecular flexibility index (Phi) is 8.67. The second-order valence-corrected chi connectivity index (χ2v) is 12.8. The molecule has 9 heteroatoms. The van der Waals surface area contributed by atoms with Crippen LogP contribution in [0.15, 0.2) is 24.3 Å². The lowest BCUT2D eigenvalue weighted by Crippen LogP contribution is -2.57. The molecule has 3 saturated heterocycles. The second-order valence-electron chi connectivity index (χ2n) is 11.2. The topological polar surface area (TPSA) is 99.2 Å². The molecule has 3 unspecified atom stereocenters. The molecule has 1 aromatic rings. The minimum Gasteiger partial charge on any atom is -0.466 e. The van der Waals surface area contributed by atoms with Gasteiger partial charge in [0.2, 0.25) is 11.8 Å². The fraction of sp³-hybridized carbons (Fsp3) is 0.690. The third-order valence-electron chi connectivity index (χ3n) is 8.60. The van der Waals surface area contributed by atoms with Crippen molar-refractivity contribution in [2.24, 2.45) is 23.7 Å². The summed E-state index contributed by atoms with van der Waals surface area (Å²) in [4.78, 5) is 45.3. The zero-order valence-corrected chi connectivity index (χ0v) is 24.3. The summed E-state index contributed by atoms with van der Waals surface area (Å²) in [5.41, 5.74) is 1.74. The van der Waals surface area contributed by atoms with E-state index in [2.05, 4.69) is 31.0 Å². The molecule has 3 aliphatic rings. The zero-order valence-electron chi connectivity index (χ0n) is 23.5. The largest absolute Gasteiger partial charge is 0.466 e. The smallest absolute Gasteiger partial charge is 0.310 e. The molecule has 0 aromatic heterocycles. The van der Waals surface area contributed by atoms with Crippen LogP contribution in [0.4, 0.5) is 11.4 Å². The lowest BCUT2D eigenvalue weighted by atomic mass is 9.66. The van der Waals surface area contributed by atoms with Crippen molar-refractivity contribution in [2.75, 3.05) is 36.5 Å². The van der Waals surface area contributed by atoms with E-state index in [-0.39, 0.29) is 48.1 Å². The van der Waals surface area contributed by atoms with E-state index < -0.39 is 28.7 Å². The summed E-state index contributed by atoms with van der Waals surface area (Å²) < 4.78 is 4.68. The molecule has 8 nitrogen and oxygen atoms in total. The molecule has 0 aliphatic carbocycles. The Bertz CT molecular complexity index is 1030. The molecule has 0 radical (unpaired) electrons. The lowest BCUT2D eigenvalue weighted by Gasteiger charge is -2.40. The highest BCUT2D eigenvalue weighted by Gasteiger charge is 2.76. The zero-order chi connectivity index (χ0) is 27.8. The molecule has 38 heavy (non-hydrogen) atoms. The molecule has 7 atom stereocenters. The number of ether oxygens (including phenoxy) is 1. The standard InChI is InChI=1S/C29H43N3O5S/c1-7-31(8-2)20-12-10-19(11-13-20)30-26(34)25-29-18(6)15-22(38-29)23(28(36)37-9-3)24(29)27(35)32(25)21(16-33)14-17(4)5/h10-13,17-18,21-25,33H,7-9,14-16H2,1-6H3,(H,30,34)/t18?,21-,22-,23+,24+,25?,29?/m1/s1. The number of rotatable bonds is 11. The third kappa shape index (κ3) is 4.70. The SMILES string of the molecule is CCOC(=O)[C@@H]1[C@H]2C(=O)N([C@@H](CO)CC(C)C)C(C(=O)Nc3ccc(N(CC)CC)cc3)C23S[C@@H]1CC3C. The van der Waals surface area contributed by atoms with Gasteiger partial charge in [0.05, 0.1) is 35.8 Å². The number of amides is 2. The van der Waals surface area contributed by atoms with Crippen molar-refractivity contribution in [2.45, 2.75) is 76.5 Å². The number of benzene rings is 1. The maximum atomic E-state index is 14.2. The first-order chi connectivity index (χ1) is 18.1. The van der Waals surface area contributed by atoms with E-state index in [0.29, 0.717) is 12.1 Å².